The Bertz CT molecular complexity index is 612. The fourth-order valence-electron chi connectivity index (χ4n) is 1.64. The maximum Gasteiger partial charge on any atom is 0.305 e. The van der Waals surface area contributed by atoms with E-state index in [0.29, 0.717) is 12.4 Å². The Hall–Kier alpha value is -1.40. The highest BCUT2D eigenvalue weighted by Crippen LogP contribution is 2.33. The van der Waals surface area contributed by atoms with Crippen LogP contribution in [0.25, 0.3) is 10.2 Å². The SMILES string of the molecule is Cc1sc2nc(Cl)nc(NCCC(=O)O)c2c1C. The molecule has 2 aromatic rings. The van der Waals surface area contributed by atoms with Gasteiger partial charge in [-0.1, -0.05) is 0 Å². The summed E-state index contributed by atoms with van der Waals surface area (Å²) >= 11 is 7.41. The fraction of sp³-hybridized carbons (Fsp3) is 0.364. The van der Waals surface area contributed by atoms with E-state index in [0.717, 1.165) is 20.7 Å². The van der Waals surface area contributed by atoms with E-state index in [2.05, 4.69) is 15.3 Å². The van der Waals surface area contributed by atoms with Crippen molar-refractivity contribution in [3.05, 3.63) is 15.7 Å². The molecule has 0 saturated heterocycles. The second kappa shape index (κ2) is 5.07. The maximum absolute atomic E-state index is 10.5. The summed E-state index contributed by atoms with van der Waals surface area (Å²) in [6.45, 7) is 4.32. The van der Waals surface area contributed by atoms with Crippen LogP contribution in [-0.4, -0.2) is 27.6 Å². The third-order valence-electron chi connectivity index (χ3n) is 2.63. The first-order chi connectivity index (χ1) is 8.49. The van der Waals surface area contributed by atoms with Crippen LogP contribution in [0.15, 0.2) is 0 Å². The summed E-state index contributed by atoms with van der Waals surface area (Å²) in [6, 6.07) is 0. The van der Waals surface area contributed by atoms with Crippen LogP contribution in [0.5, 0.6) is 0 Å². The van der Waals surface area contributed by atoms with Gasteiger partial charge in [-0.25, -0.2) is 9.97 Å². The van der Waals surface area contributed by atoms with Crippen LogP contribution < -0.4 is 5.32 Å². The van der Waals surface area contributed by atoms with Crippen LogP contribution in [-0.2, 0) is 4.79 Å². The van der Waals surface area contributed by atoms with Crippen molar-refractivity contribution in [2.75, 3.05) is 11.9 Å². The molecule has 2 rings (SSSR count). The lowest BCUT2D eigenvalue weighted by Crippen LogP contribution is -2.09. The van der Waals surface area contributed by atoms with E-state index < -0.39 is 5.97 Å². The predicted octanol–water partition coefficient (Wildman–Crippen LogP) is 2.85. The lowest BCUT2D eigenvalue weighted by Gasteiger charge is -2.06. The molecule has 18 heavy (non-hydrogen) atoms. The van der Waals surface area contributed by atoms with Gasteiger partial charge in [-0.2, -0.15) is 0 Å². The number of hydrogen-bond acceptors (Lipinski definition) is 5. The molecule has 0 fully saturated rings. The number of carboxylic acid groups (broad SMARTS) is 1. The number of halogens is 1. The Labute approximate surface area is 113 Å². The van der Waals surface area contributed by atoms with E-state index >= 15 is 0 Å². The normalized spacial score (nSPS) is 10.8. The molecule has 0 unspecified atom stereocenters. The monoisotopic (exact) mass is 285 g/mol. The predicted molar refractivity (Wildman–Crippen MR) is 72.6 cm³/mol. The largest absolute Gasteiger partial charge is 0.481 e. The molecule has 2 heterocycles. The Kier molecular flexibility index (Phi) is 3.68. The molecule has 0 aliphatic carbocycles. The number of fused-ring (bicyclic) bond motifs is 1. The van der Waals surface area contributed by atoms with Crippen LogP contribution in [0.1, 0.15) is 16.9 Å². The highest BCUT2D eigenvalue weighted by Gasteiger charge is 2.13. The van der Waals surface area contributed by atoms with Gasteiger partial charge in [0.2, 0.25) is 5.28 Å². The first-order valence-electron chi connectivity index (χ1n) is 5.38. The number of rotatable bonds is 4. The van der Waals surface area contributed by atoms with Crippen molar-refractivity contribution < 1.29 is 9.90 Å². The number of anilines is 1. The van der Waals surface area contributed by atoms with Crippen LogP contribution in [0.3, 0.4) is 0 Å². The molecule has 0 spiro atoms. The van der Waals surface area contributed by atoms with E-state index in [4.69, 9.17) is 16.7 Å². The number of aliphatic carboxylic acids is 1. The molecular formula is C11H12ClN3O2S. The van der Waals surface area contributed by atoms with Gasteiger partial charge < -0.3 is 10.4 Å². The minimum Gasteiger partial charge on any atom is -0.481 e. The zero-order valence-corrected chi connectivity index (χ0v) is 11.5. The molecule has 2 aromatic heterocycles. The smallest absolute Gasteiger partial charge is 0.305 e. The van der Waals surface area contributed by atoms with E-state index in [1.54, 1.807) is 11.3 Å². The number of carboxylic acids is 1. The number of thiophene rings is 1. The number of aryl methyl sites for hydroxylation is 2. The summed E-state index contributed by atoms with van der Waals surface area (Å²) in [5.74, 6) is -0.245. The van der Waals surface area contributed by atoms with Gasteiger partial charge in [-0.3, -0.25) is 4.79 Å². The Morgan fingerprint density at radius 1 is 1.44 bits per heavy atom. The van der Waals surface area contributed by atoms with Gasteiger partial charge >= 0.3 is 5.97 Å². The first-order valence-corrected chi connectivity index (χ1v) is 6.57. The summed E-state index contributed by atoms with van der Waals surface area (Å²) in [5.41, 5.74) is 1.10. The maximum atomic E-state index is 10.5. The van der Waals surface area contributed by atoms with Crippen LogP contribution in [0.4, 0.5) is 5.82 Å². The number of nitrogens with zero attached hydrogens (tertiary/aromatic N) is 2. The molecule has 0 radical (unpaired) electrons. The van der Waals surface area contributed by atoms with Gasteiger partial charge in [0.25, 0.3) is 0 Å². The number of aromatic nitrogens is 2. The molecule has 0 saturated carbocycles. The molecule has 0 aliphatic rings. The van der Waals surface area contributed by atoms with Gasteiger partial charge in [0, 0.05) is 11.4 Å². The Morgan fingerprint density at radius 3 is 2.83 bits per heavy atom. The summed E-state index contributed by atoms with van der Waals surface area (Å²) in [6.07, 6.45) is 0.0330. The zero-order chi connectivity index (χ0) is 13.3. The fourth-order valence-corrected chi connectivity index (χ4v) is 2.89. The average molecular weight is 286 g/mol. The van der Waals surface area contributed by atoms with Crippen molar-refractivity contribution in [1.29, 1.82) is 0 Å². The molecule has 2 N–H and O–H groups in total. The van der Waals surface area contributed by atoms with Crippen molar-refractivity contribution in [1.82, 2.24) is 9.97 Å². The standard InChI is InChI=1S/C11H12ClN3O2S/c1-5-6(2)18-10-8(5)9(14-11(12)15-10)13-4-3-7(16)17/h3-4H2,1-2H3,(H,16,17)(H,13,14,15). The molecule has 7 heteroatoms. The molecule has 0 atom stereocenters. The van der Waals surface area contributed by atoms with E-state index in [-0.39, 0.29) is 11.7 Å². The first kappa shape index (κ1) is 13.0. The van der Waals surface area contributed by atoms with E-state index in [9.17, 15) is 4.79 Å². The highest BCUT2D eigenvalue weighted by molar-refractivity contribution is 7.18. The van der Waals surface area contributed by atoms with E-state index in [1.165, 1.54) is 0 Å². The van der Waals surface area contributed by atoms with Gasteiger partial charge in [0.05, 0.1) is 11.8 Å². The summed E-state index contributed by atoms with van der Waals surface area (Å²) in [4.78, 5) is 20.8. The molecule has 0 aliphatic heterocycles. The lowest BCUT2D eigenvalue weighted by molar-refractivity contribution is -0.136. The number of carbonyl (C=O) groups is 1. The average Bonchev–Trinajstić information content (AvgIpc) is 2.53. The van der Waals surface area contributed by atoms with Gasteiger partial charge in [-0.15, -0.1) is 11.3 Å². The number of hydrogen-bond donors (Lipinski definition) is 2. The topological polar surface area (TPSA) is 75.1 Å². The van der Waals surface area contributed by atoms with Crippen molar-refractivity contribution in [2.45, 2.75) is 20.3 Å². The van der Waals surface area contributed by atoms with Crippen molar-refractivity contribution in [3.63, 3.8) is 0 Å². The van der Waals surface area contributed by atoms with Crippen molar-refractivity contribution >= 4 is 44.9 Å². The number of nitrogens with one attached hydrogen (secondary N) is 1. The highest BCUT2D eigenvalue weighted by atomic mass is 35.5. The van der Waals surface area contributed by atoms with Crippen LogP contribution in [0, 0.1) is 13.8 Å². The molecular weight excluding hydrogens is 274 g/mol. The second-order valence-corrected chi connectivity index (χ2v) is 5.42. The third kappa shape index (κ3) is 2.54. The summed E-state index contributed by atoms with van der Waals surface area (Å²) in [5, 5.41) is 12.7. The van der Waals surface area contributed by atoms with E-state index in [1.807, 2.05) is 13.8 Å². The third-order valence-corrected chi connectivity index (χ3v) is 3.90. The zero-order valence-electron chi connectivity index (χ0n) is 9.95. The van der Waals surface area contributed by atoms with Gasteiger partial charge in [0.1, 0.15) is 10.6 Å². The van der Waals surface area contributed by atoms with Gasteiger partial charge in [0.15, 0.2) is 0 Å². The molecule has 5 nitrogen and oxygen atoms in total. The summed E-state index contributed by atoms with van der Waals surface area (Å²) in [7, 11) is 0. The minimum absolute atomic E-state index is 0.0330. The Balaban J connectivity index is 2.38. The lowest BCUT2D eigenvalue weighted by atomic mass is 10.2. The molecule has 0 amide bonds. The van der Waals surface area contributed by atoms with Gasteiger partial charge in [-0.05, 0) is 31.0 Å². The molecule has 0 bridgehead atoms. The Morgan fingerprint density at radius 2 is 2.17 bits per heavy atom. The van der Waals surface area contributed by atoms with Crippen LogP contribution >= 0.6 is 22.9 Å². The quantitative estimate of drug-likeness (QED) is 0.845. The summed E-state index contributed by atoms with van der Waals surface area (Å²) < 4.78 is 0. The van der Waals surface area contributed by atoms with Crippen molar-refractivity contribution in [2.24, 2.45) is 0 Å². The molecule has 0 aromatic carbocycles. The van der Waals surface area contributed by atoms with Crippen molar-refractivity contribution in [3.8, 4) is 0 Å². The molecule has 96 valence electrons. The minimum atomic E-state index is -0.850. The second-order valence-electron chi connectivity index (χ2n) is 3.88. The van der Waals surface area contributed by atoms with Crippen LogP contribution in [0.2, 0.25) is 5.28 Å².